The van der Waals surface area contributed by atoms with Crippen LogP contribution in [0.15, 0.2) is 24.3 Å². The lowest BCUT2D eigenvalue weighted by atomic mass is 9.92. The lowest BCUT2D eigenvalue weighted by Gasteiger charge is -2.34. The fourth-order valence-corrected chi connectivity index (χ4v) is 3.42. The first-order valence-electron chi connectivity index (χ1n) is 7.86. The molecule has 1 amide bonds. The molecule has 1 aromatic rings. The minimum absolute atomic E-state index is 0.0855. The Morgan fingerprint density at radius 2 is 2.10 bits per heavy atom. The summed E-state index contributed by atoms with van der Waals surface area (Å²) in [6.45, 7) is 3.68. The zero-order valence-electron chi connectivity index (χ0n) is 12.5. The van der Waals surface area contributed by atoms with Crippen LogP contribution in [-0.2, 0) is 4.79 Å². The molecule has 0 radical (unpaired) electrons. The molecule has 1 heterocycles. The van der Waals surface area contributed by atoms with Gasteiger partial charge in [0.2, 0.25) is 5.91 Å². The van der Waals surface area contributed by atoms with Crippen LogP contribution in [-0.4, -0.2) is 29.9 Å². The number of amides is 1. The molecule has 1 aliphatic heterocycles. The summed E-state index contributed by atoms with van der Waals surface area (Å²) >= 11 is 0. The lowest BCUT2D eigenvalue weighted by molar-refractivity contribution is -0.134. The first kappa shape index (κ1) is 14.5. The molecule has 114 valence electrons. The molecule has 3 rings (SSSR count). The van der Waals surface area contributed by atoms with Crippen LogP contribution in [0.5, 0.6) is 0 Å². The number of halogens is 1. The summed E-state index contributed by atoms with van der Waals surface area (Å²) in [6, 6.07) is 6.69. The predicted molar refractivity (Wildman–Crippen MR) is 80.2 cm³/mol. The summed E-state index contributed by atoms with van der Waals surface area (Å²) in [4.78, 5) is 14.6. The number of rotatable bonds is 3. The zero-order valence-corrected chi connectivity index (χ0v) is 12.5. The van der Waals surface area contributed by atoms with Gasteiger partial charge in [0.05, 0.1) is 0 Å². The quantitative estimate of drug-likeness (QED) is 0.929. The van der Waals surface area contributed by atoms with Crippen LogP contribution in [0.1, 0.15) is 37.7 Å². The molecule has 0 bridgehead atoms. The first-order valence-corrected chi connectivity index (χ1v) is 7.86. The predicted octanol–water partition coefficient (Wildman–Crippen LogP) is 2.52. The Kier molecular flexibility index (Phi) is 3.98. The van der Waals surface area contributed by atoms with Crippen molar-refractivity contribution in [1.82, 2.24) is 4.90 Å². The molecule has 1 aliphatic carbocycles. The third kappa shape index (κ3) is 3.10. The van der Waals surface area contributed by atoms with Gasteiger partial charge in [0.1, 0.15) is 5.82 Å². The van der Waals surface area contributed by atoms with Crippen LogP contribution < -0.4 is 5.73 Å². The Hall–Kier alpha value is -1.42. The second-order valence-electron chi connectivity index (χ2n) is 6.55. The number of benzene rings is 1. The minimum Gasteiger partial charge on any atom is -0.342 e. The molecule has 0 spiro atoms. The van der Waals surface area contributed by atoms with E-state index in [2.05, 4.69) is 0 Å². The fraction of sp³-hybridized carbons (Fsp3) is 0.588. The molecule has 2 fully saturated rings. The van der Waals surface area contributed by atoms with Gasteiger partial charge >= 0.3 is 0 Å². The van der Waals surface area contributed by atoms with Gasteiger partial charge < -0.3 is 10.6 Å². The molecule has 1 aromatic carbocycles. The van der Waals surface area contributed by atoms with Crippen LogP contribution >= 0.6 is 0 Å². The lowest BCUT2D eigenvalue weighted by Crippen LogP contribution is -2.45. The Labute approximate surface area is 125 Å². The molecule has 1 saturated heterocycles. The highest BCUT2D eigenvalue weighted by atomic mass is 19.1. The summed E-state index contributed by atoms with van der Waals surface area (Å²) < 4.78 is 12.9. The molecular formula is C17H23FN2O. The highest BCUT2D eigenvalue weighted by molar-refractivity contribution is 5.83. The molecule has 2 N–H and O–H groups in total. The van der Waals surface area contributed by atoms with Crippen LogP contribution in [0.25, 0.3) is 0 Å². The van der Waals surface area contributed by atoms with E-state index in [1.165, 1.54) is 12.1 Å². The number of hydrogen-bond acceptors (Lipinski definition) is 2. The van der Waals surface area contributed by atoms with E-state index in [1.54, 1.807) is 12.1 Å². The number of carbonyl (C=O) groups excluding carboxylic acids is 1. The number of likely N-dealkylation sites (tertiary alicyclic amines) is 1. The van der Waals surface area contributed by atoms with Crippen LogP contribution in [0.2, 0.25) is 0 Å². The van der Waals surface area contributed by atoms with Crippen LogP contribution in [0.4, 0.5) is 4.39 Å². The number of nitrogens with two attached hydrogens (primary N) is 1. The van der Waals surface area contributed by atoms with Gasteiger partial charge in [0.25, 0.3) is 0 Å². The van der Waals surface area contributed by atoms with Crippen molar-refractivity contribution in [3.63, 3.8) is 0 Å². The molecule has 21 heavy (non-hydrogen) atoms. The summed E-state index contributed by atoms with van der Waals surface area (Å²) in [7, 11) is 0. The molecule has 0 aromatic heterocycles. The molecule has 2 aliphatic rings. The third-order valence-electron chi connectivity index (χ3n) is 4.92. The Balaban J connectivity index is 1.61. The Bertz CT molecular complexity index is 514. The third-order valence-corrected chi connectivity index (χ3v) is 4.92. The van der Waals surface area contributed by atoms with Crippen molar-refractivity contribution >= 4 is 5.91 Å². The molecule has 3 nitrogen and oxygen atoms in total. The SMILES string of the molecule is C[C@H](N)[C@@H]1CCCN(C(=O)[C@H]2C[C@H]2c2ccc(F)cc2)C1. The maximum Gasteiger partial charge on any atom is 0.226 e. The van der Waals surface area contributed by atoms with Crippen molar-refractivity contribution in [2.24, 2.45) is 17.6 Å². The molecule has 0 unspecified atom stereocenters. The van der Waals surface area contributed by atoms with E-state index >= 15 is 0 Å². The molecule has 4 heteroatoms. The molecule has 4 atom stereocenters. The van der Waals surface area contributed by atoms with E-state index < -0.39 is 0 Å². The minimum atomic E-state index is -0.224. The second kappa shape index (κ2) is 5.76. The maximum atomic E-state index is 12.9. The largest absolute Gasteiger partial charge is 0.342 e. The van der Waals surface area contributed by atoms with Crippen molar-refractivity contribution in [2.75, 3.05) is 13.1 Å². The topological polar surface area (TPSA) is 46.3 Å². The highest BCUT2D eigenvalue weighted by Crippen LogP contribution is 2.48. The number of hydrogen-bond donors (Lipinski definition) is 1. The standard InChI is InChI=1S/C17H23FN2O/c1-11(19)13-3-2-8-20(10-13)17(21)16-9-15(16)12-4-6-14(18)7-5-12/h4-7,11,13,15-16H,2-3,8-10,19H2,1H3/t11-,13+,15-,16-/m0/s1. The van der Waals surface area contributed by atoms with E-state index in [0.717, 1.165) is 37.9 Å². The number of piperidine rings is 1. The average Bonchev–Trinajstić information content (AvgIpc) is 3.28. The maximum absolute atomic E-state index is 12.9. The van der Waals surface area contributed by atoms with E-state index in [1.807, 2.05) is 11.8 Å². The van der Waals surface area contributed by atoms with Crippen molar-refractivity contribution < 1.29 is 9.18 Å². The van der Waals surface area contributed by atoms with Gasteiger partial charge in [-0.25, -0.2) is 4.39 Å². The van der Waals surface area contributed by atoms with Gasteiger partial charge in [-0.15, -0.1) is 0 Å². The van der Waals surface area contributed by atoms with Crippen molar-refractivity contribution in [3.8, 4) is 0 Å². The van der Waals surface area contributed by atoms with Crippen LogP contribution in [0, 0.1) is 17.7 Å². The summed E-state index contributed by atoms with van der Waals surface area (Å²) in [5.41, 5.74) is 7.06. The molecular weight excluding hydrogens is 267 g/mol. The highest BCUT2D eigenvalue weighted by Gasteiger charge is 2.46. The van der Waals surface area contributed by atoms with Gasteiger partial charge in [0, 0.05) is 25.0 Å². The monoisotopic (exact) mass is 290 g/mol. The van der Waals surface area contributed by atoms with Crippen molar-refractivity contribution in [3.05, 3.63) is 35.6 Å². The number of nitrogens with zero attached hydrogens (tertiary/aromatic N) is 1. The van der Waals surface area contributed by atoms with E-state index in [-0.39, 0.29) is 29.6 Å². The van der Waals surface area contributed by atoms with Gasteiger partial charge in [-0.2, -0.15) is 0 Å². The van der Waals surface area contributed by atoms with Crippen molar-refractivity contribution in [1.29, 1.82) is 0 Å². The molecule has 1 saturated carbocycles. The van der Waals surface area contributed by atoms with E-state index in [4.69, 9.17) is 5.73 Å². The summed E-state index contributed by atoms with van der Waals surface area (Å²) in [5, 5.41) is 0. The van der Waals surface area contributed by atoms with E-state index in [9.17, 15) is 9.18 Å². The summed E-state index contributed by atoms with van der Waals surface area (Å²) in [5.74, 6) is 0.814. The zero-order chi connectivity index (χ0) is 15.0. The summed E-state index contributed by atoms with van der Waals surface area (Å²) in [6.07, 6.45) is 3.06. The van der Waals surface area contributed by atoms with Gasteiger partial charge in [-0.3, -0.25) is 4.79 Å². The normalized spacial score (nSPS) is 30.0. The van der Waals surface area contributed by atoms with Crippen LogP contribution in [0.3, 0.4) is 0 Å². The van der Waals surface area contributed by atoms with E-state index in [0.29, 0.717) is 5.92 Å². The first-order chi connectivity index (χ1) is 10.1. The fourth-order valence-electron chi connectivity index (χ4n) is 3.42. The van der Waals surface area contributed by atoms with Gasteiger partial charge in [0.15, 0.2) is 0 Å². The average molecular weight is 290 g/mol. The van der Waals surface area contributed by atoms with Gasteiger partial charge in [-0.05, 0) is 55.7 Å². The van der Waals surface area contributed by atoms with Gasteiger partial charge in [-0.1, -0.05) is 12.1 Å². The Morgan fingerprint density at radius 3 is 2.76 bits per heavy atom. The second-order valence-corrected chi connectivity index (χ2v) is 6.55. The Morgan fingerprint density at radius 1 is 1.38 bits per heavy atom. The van der Waals surface area contributed by atoms with Crippen molar-refractivity contribution in [2.45, 2.75) is 38.1 Å². The smallest absolute Gasteiger partial charge is 0.226 e. The number of carbonyl (C=O) groups is 1.